The second-order valence-corrected chi connectivity index (χ2v) is 7.01. The molecule has 1 aliphatic heterocycles. The van der Waals surface area contributed by atoms with Crippen molar-refractivity contribution < 1.29 is 14.4 Å². The van der Waals surface area contributed by atoms with Crippen LogP contribution in [0.4, 0.5) is 5.82 Å². The molecule has 1 N–H and O–H groups in total. The summed E-state index contributed by atoms with van der Waals surface area (Å²) >= 11 is 0. The van der Waals surface area contributed by atoms with Gasteiger partial charge in [-0.05, 0) is 26.7 Å². The summed E-state index contributed by atoms with van der Waals surface area (Å²) in [6.45, 7) is 5.15. The zero-order valence-electron chi connectivity index (χ0n) is 15.5. The SMILES string of the molecule is Cc1noc(C)c1CCC(=O)N(C)CC1(O)CCN(c2cnccn2)C1. The van der Waals surface area contributed by atoms with E-state index in [0.717, 1.165) is 22.8 Å². The number of aryl methyl sites for hydroxylation is 2. The van der Waals surface area contributed by atoms with E-state index < -0.39 is 5.60 Å². The molecule has 0 saturated carbocycles. The molecule has 2 aromatic heterocycles. The van der Waals surface area contributed by atoms with Gasteiger partial charge in [0.2, 0.25) is 5.91 Å². The van der Waals surface area contributed by atoms with Crippen molar-refractivity contribution in [1.82, 2.24) is 20.0 Å². The van der Waals surface area contributed by atoms with Crippen LogP contribution in [0.15, 0.2) is 23.1 Å². The number of hydrogen-bond donors (Lipinski definition) is 1. The van der Waals surface area contributed by atoms with Crippen LogP contribution in [0, 0.1) is 13.8 Å². The molecule has 1 unspecified atom stereocenters. The molecule has 1 fully saturated rings. The number of carbonyl (C=O) groups excluding carboxylic acids is 1. The minimum absolute atomic E-state index is 0.00335. The molecular weight excluding hydrogens is 334 g/mol. The van der Waals surface area contributed by atoms with Crippen LogP contribution < -0.4 is 4.90 Å². The first-order valence-electron chi connectivity index (χ1n) is 8.77. The lowest BCUT2D eigenvalue weighted by Crippen LogP contribution is -2.46. The Labute approximate surface area is 152 Å². The third kappa shape index (κ3) is 4.01. The molecule has 140 valence electrons. The van der Waals surface area contributed by atoms with E-state index in [2.05, 4.69) is 15.1 Å². The number of hydrogen-bond acceptors (Lipinski definition) is 7. The summed E-state index contributed by atoms with van der Waals surface area (Å²) in [6.07, 6.45) is 6.49. The van der Waals surface area contributed by atoms with Crippen LogP contribution in [0.25, 0.3) is 0 Å². The highest BCUT2D eigenvalue weighted by molar-refractivity contribution is 5.76. The highest BCUT2D eigenvalue weighted by Gasteiger charge is 2.38. The van der Waals surface area contributed by atoms with E-state index in [1.165, 1.54) is 0 Å². The monoisotopic (exact) mass is 359 g/mol. The second kappa shape index (κ2) is 7.41. The van der Waals surface area contributed by atoms with Crippen LogP contribution >= 0.6 is 0 Å². The van der Waals surface area contributed by atoms with Crippen molar-refractivity contribution in [3.63, 3.8) is 0 Å². The Morgan fingerprint density at radius 1 is 1.42 bits per heavy atom. The van der Waals surface area contributed by atoms with Gasteiger partial charge < -0.3 is 19.4 Å². The van der Waals surface area contributed by atoms with E-state index in [9.17, 15) is 9.90 Å². The summed E-state index contributed by atoms with van der Waals surface area (Å²) < 4.78 is 5.13. The normalized spacial score (nSPS) is 19.8. The Bertz CT molecular complexity index is 744. The maximum atomic E-state index is 12.5. The lowest BCUT2D eigenvalue weighted by Gasteiger charge is -2.29. The number of rotatable bonds is 6. The molecule has 0 bridgehead atoms. The molecule has 3 rings (SSSR count). The fraction of sp³-hybridized carbons (Fsp3) is 0.556. The van der Waals surface area contributed by atoms with Gasteiger partial charge in [-0.1, -0.05) is 5.16 Å². The van der Waals surface area contributed by atoms with Gasteiger partial charge in [-0.25, -0.2) is 4.98 Å². The molecule has 2 aromatic rings. The molecule has 26 heavy (non-hydrogen) atoms. The number of amides is 1. The zero-order valence-corrected chi connectivity index (χ0v) is 15.5. The molecule has 0 aliphatic carbocycles. The van der Waals surface area contributed by atoms with Gasteiger partial charge >= 0.3 is 0 Å². The Balaban J connectivity index is 1.54. The van der Waals surface area contributed by atoms with E-state index in [1.807, 2.05) is 18.7 Å². The Kier molecular flexibility index (Phi) is 5.22. The molecular formula is C18H25N5O3. The quantitative estimate of drug-likeness (QED) is 0.825. The van der Waals surface area contributed by atoms with Crippen LogP contribution in [0.2, 0.25) is 0 Å². The Hall–Kier alpha value is -2.48. The van der Waals surface area contributed by atoms with Gasteiger partial charge in [0.15, 0.2) is 0 Å². The molecule has 0 radical (unpaired) electrons. The van der Waals surface area contributed by atoms with Gasteiger partial charge in [0.1, 0.15) is 17.2 Å². The minimum Gasteiger partial charge on any atom is -0.386 e. The van der Waals surface area contributed by atoms with Crippen LogP contribution in [0.1, 0.15) is 29.9 Å². The van der Waals surface area contributed by atoms with Crippen molar-refractivity contribution in [2.75, 3.05) is 31.6 Å². The number of aliphatic hydroxyl groups is 1. The molecule has 1 saturated heterocycles. The summed E-state index contributed by atoms with van der Waals surface area (Å²) in [5.74, 6) is 1.50. The number of anilines is 1. The van der Waals surface area contributed by atoms with E-state index in [1.54, 1.807) is 30.5 Å². The third-order valence-corrected chi connectivity index (χ3v) is 4.93. The number of carbonyl (C=O) groups is 1. The van der Waals surface area contributed by atoms with Crippen LogP contribution in [0.3, 0.4) is 0 Å². The highest BCUT2D eigenvalue weighted by atomic mass is 16.5. The maximum Gasteiger partial charge on any atom is 0.222 e. The topological polar surface area (TPSA) is 95.6 Å². The van der Waals surface area contributed by atoms with E-state index in [-0.39, 0.29) is 5.91 Å². The van der Waals surface area contributed by atoms with Gasteiger partial charge in [0, 0.05) is 44.5 Å². The Morgan fingerprint density at radius 3 is 2.88 bits per heavy atom. The highest BCUT2D eigenvalue weighted by Crippen LogP contribution is 2.26. The van der Waals surface area contributed by atoms with Gasteiger partial charge in [0.25, 0.3) is 0 Å². The summed E-state index contributed by atoms with van der Waals surface area (Å²) in [6, 6.07) is 0. The average molecular weight is 359 g/mol. The molecule has 1 atom stereocenters. The molecule has 1 aliphatic rings. The molecule has 1 amide bonds. The first-order chi connectivity index (χ1) is 12.4. The van der Waals surface area contributed by atoms with E-state index in [4.69, 9.17) is 4.52 Å². The van der Waals surface area contributed by atoms with Crippen LogP contribution in [-0.4, -0.2) is 63.3 Å². The van der Waals surface area contributed by atoms with Gasteiger partial charge in [-0.2, -0.15) is 0 Å². The van der Waals surface area contributed by atoms with Crippen molar-refractivity contribution in [3.05, 3.63) is 35.6 Å². The predicted molar refractivity (Wildman–Crippen MR) is 95.7 cm³/mol. The van der Waals surface area contributed by atoms with Crippen molar-refractivity contribution in [1.29, 1.82) is 0 Å². The average Bonchev–Trinajstić information content (AvgIpc) is 3.16. The largest absolute Gasteiger partial charge is 0.386 e. The predicted octanol–water partition coefficient (Wildman–Crippen LogP) is 1.11. The fourth-order valence-electron chi connectivity index (χ4n) is 3.45. The molecule has 8 heteroatoms. The lowest BCUT2D eigenvalue weighted by molar-refractivity contribution is -0.132. The molecule has 0 spiro atoms. The second-order valence-electron chi connectivity index (χ2n) is 7.01. The van der Waals surface area contributed by atoms with Gasteiger partial charge in [-0.3, -0.25) is 9.78 Å². The van der Waals surface area contributed by atoms with E-state index in [0.29, 0.717) is 38.9 Å². The minimum atomic E-state index is -0.940. The first-order valence-corrected chi connectivity index (χ1v) is 8.77. The number of aromatic nitrogens is 3. The van der Waals surface area contributed by atoms with Crippen molar-refractivity contribution in [3.8, 4) is 0 Å². The Morgan fingerprint density at radius 2 is 2.23 bits per heavy atom. The summed E-state index contributed by atoms with van der Waals surface area (Å²) in [5.41, 5.74) is 0.873. The van der Waals surface area contributed by atoms with Gasteiger partial charge in [0.05, 0.1) is 18.4 Å². The molecule has 8 nitrogen and oxygen atoms in total. The van der Waals surface area contributed by atoms with Crippen LogP contribution in [0.5, 0.6) is 0 Å². The van der Waals surface area contributed by atoms with Gasteiger partial charge in [-0.15, -0.1) is 0 Å². The summed E-state index contributed by atoms with van der Waals surface area (Å²) in [4.78, 5) is 24.4. The third-order valence-electron chi connectivity index (χ3n) is 4.93. The number of β-amino-alcohol motifs (C(OH)–C–C–N with tert-alkyl or cyclic N) is 1. The standard InChI is InChI=1S/C18H25N5O3/c1-13-15(14(2)26-21-13)4-5-17(24)22(3)11-18(25)6-9-23(12-18)16-10-19-7-8-20-16/h7-8,10,25H,4-6,9,11-12H2,1-3H3. The van der Waals surface area contributed by atoms with Crippen molar-refractivity contribution in [2.24, 2.45) is 0 Å². The number of likely N-dealkylation sites (N-methyl/N-ethyl adjacent to an activating group) is 1. The summed E-state index contributed by atoms with van der Waals surface area (Å²) in [7, 11) is 1.73. The first kappa shape index (κ1) is 18.3. The van der Waals surface area contributed by atoms with E-state index >= 15 is 0 Å². The van der Waals surface area contributed by atoms with Crippen LogP contribution in [-0.2, 0) is 11.2 Å². The molecule has 3 heterocycles. The van der Waals surface area contributed by atoms with Crippen molar-refractivity contribution in [2.45, 2.75) is 38.7 Å². The molecule has 0 aromatic carbocycles. The van der Waals surface area contributed by atoms with Crippen molar-refractivity contribution >= 4 is 11.7 Å². The lowest BCUT2D eigenvalue weighted by atomic mass is 10.0. The summed E-state index contributed by atoms with van der Waals surface area (Å²) in [5, 5.41) is 14.8. The maximum absolute atomic E-state index is 12.5. The zero-order chi connectivity index (χ0) is 18.7. The smallest absolute Gasteiger partial charge is 0.222 e. The number of nitrogens with zero attached hydrogens (tertiary/aromatic N) is 5. The fourth-order valence-corrected chi connectivity index (χ4v) is 3.45.